The van der Waals surface area contributed by atoms with Gasteiger partial charge in [-0.15, -0.1) is 0 Å². The first-order chi connectivity index (χ1) is 12.7. The van der Waals surface area contributed by atoms with E-state index in [0.29, 0.717) is 0 Å². The third-order valence-electron chi connectivity index (χ3n) is 5.56. The van der Waals surface area contributed by atoms with E-state index in [9.17, 15) is 0 Å². The smallest absolute Gasteiger partial charge is 0.0702 e. The summed E-state index contributed by atoms with van der Waals surface area (Å²) in [6.07, 6.45) is 17.4. The van der Waals surface area contributed by atoms with Crippen LogP contribution in [0.1, 0.15) is 57.4 Å². The number of nitrogens with zero attached hydrogens (tertiary/aromatic N) is 1. The Labute approximate surface area is 163 Å². The standard InChI is InChI=1S/C24H30ClN/c1-2-3-4-5-19-6-8-20(9-7-19)10-11-21-12-17-24(26-18-21)22-13-15-23(25)16-14-22/h4-5,12-20H,2-3,6-11H2,1H3/b5-4+/t19-,20-. The van der Waals surface area contributed by atoms with Crippen LogP contribution in [0.5, 0.6) is 0 Å². The fourth-order valence-corrected chi connectivity index (χ4v) is 3.99. The maximum Gasteiger partial charge on any atom is 0.0702 e. The quantitative estimate of drug-likeness (QED) is 0.461. The Morgan fingerprint density at radius 2 is 1.81 bits per heavy atom. The van der Waals surface area contributed by atoms with Crippen molar-refractivity contribution in [1.82, 2.24) is 4.98 Å². The fourth-order valence-electron chi connectivity index (χ4n) is 3.86. The van der Waals surface area contributed by atoms with Gasteiger partial charge in [0.25, 0.3) is 0 Å². The molecule has 0 aliphatic heterocycles. The second kappa shape index (κ2) is 9.92. The van der Waals surface area contributed by atoms with Crippen LogP contribution in [-0.4, -0.2) is 4.98 Å². The molecule has 2 aromatic rings. The van der Waals surface area contributed by atoms with Crippen molar-refractivity contribution in [2.75, 3.05) is 0 Å². The third-order valence-corrected chi connectivity index (χ3v) is 5.81. The van der Waals surface area contributed by atoms with Gasteiger partial charge in [-0.3, -0.25) is 4.98 Å². The van der Waals surface area contributed by atoms with Crippen molar-refractivity contribution < 1.29 is 0 Å². The van der Waals surface area contributed by atoms with Crippen molar-refractivity contribution in [2.45, 2.75) is 58.3 Å². The Morgan fingerprint density at radius 1 is 1.04 bits per heavy atom. The van der Waals surface area contributed by atoms with E-state index in [4.69, 9.17) is 11.6 Å². The molecule has 0 radical (unpaired) electrons. The Hall–Kier alpha value is -1.60. The summed E-state index contributed by atoms with van der Waals surface area (Å²) >= 11 is 5.96. The van der Waals surface area contributed by atoms with Crippen molar-refractivity contribution >= 4 is 11.6 Å². The normalized spacial score (nSPS) is 20.5. The van der Waals surface area contributed by atoms with Crippen LogP contribution in [-0.2, 0) is 6.42 Å². The predicted octanol–water partition coefficient (Wildman–Crippen LogP) is 7.50. The average Bonchev–Trinajstić information content (AvgIpc) is 2.69. The van der Waals surface area contributed by atoms with Crippen LogP contribution in [0.25, 0.3) is 11.3 Å². The van der Waals surface area contributed by atoms with Gasteiger partial charge in [-0.05, 0) is 80.5 Å². The molecule has 0 bridgehead atoms. The summed E-state index contributed by atoms with van der Waals surface area (Å²) in [5.41, 5.74) is 3.49. The molecule has 3 rings (SSSR count). The van der Waals surface area contributed by atoms with Gasteiger partial charge in [0.2, 0.25) is 0 Å². The van der Waals surface area contributed by atoms with Gasteiger partial charge in [0.1, 0.15) is 0 Å². The molecule has 0 unspecified atom stereocenters. The topological polar surface area (TPSA) is 12.9 Å². The lowest BCUT2D eigenvalue weighted by Gasteiger charge is -2.26. The highest BCUT2D eigenvalue weighted by Crippen LogP contribution is 2.32. The molecule has 1 aromatic heterocycles. The molecule has 0 spiro atoms. The number of unbranched alkanes of at least 4 members (excludes halogenated alkanes) is 1. The fraction of sp³-hybridized carbons (Fsp3) is 0.458. The zero-order chi connectivity index (χ0) is 18.2. The van der Waals surface area contributed by atoms with Crippen LogP contribution < -0.4 is 0 Å². The minimum atomic E-state index is 0.765. The van der Waals surface area contributed by atoms with Gasteiger partial charge in [0.15, 0.2) is 0 Å². The van der Waals surface area contributed by atoms with Crippen LogP contribution in [0.3, 0.4) is 0 Å². The van der Waals surface area contributed by atoms with E-state index >= 15 is 0 Å². The number of benzene rings is 1. The van der Waals surface area contributed by atoms with E-state index in [1.54, 1.807) is 0 Å². The molecular weight excluding hydrogens is 338 g/mol. The first-order valence-electron chi connectivity index (χ1n) is 10.1. The van der Waals surface area contributed by atoms with E-state index in [1.165, 1.54) is 50.5 Å². The number of rotatable bonds is 7. The lowest BCUT2D eigenvalue weighted by molar-refractivity contribution is 0.296. The highest BCUT2D eigenvalue weighted by Gasteiger charge is 2.19. The molecule has 138 valence electrons. The number of aromatic nitrogens is 1. The summed E-state index contributed by atoms with van der Waals surface area (Å²) in [6, 6.07) is 12.3. The molecule has 26 heavy (non-hydrogen) atoms. The van der Waals surface area contributed by atoms with Gasteiger partial charge in [-0.1, -0.05) is 55.3 Å². The van der Waals surface area contributed by atoms with Crippen molar-refractivity contribution in [1.29, 1.82) is 0 Å². The van der Waals surface area contributed by atoms with E-state index in [1.807, 2.05) is 30.5 Å². The van der Waals surface area contributed by atoms with E-state index in [2.05, 4.69) is 36.2 Å². The lowest BCUT2D eigenvalue weighted by Crippen LogP contribution is -2.13. The van der Waals surface area contributed by atoms with E-state index < -0.39 is 0 Å². The summed E-state index contributed by atoms with van der Waals surface area (Å²) in [6.45, 7) is 2.25. The Kier molecular flexibility index (Phi) is 7.32. The van der Waals surface area contributed by atoms with Gasteiger partial charge in [-0.25, -0.2) is 0 Å². The van der Waals surface area contributed by atoms with Crippen LogP contribution in [0.2, 0.25) is 5.02 Å². The summed E-state index contributed by atoms with van der Waals surface area (Å²) in [4.78, 5) is 4.64. The van der Waals surface area contributed by atoms with Crippen LogP contribution in [0.4, 0.5) is 0 Å². The summed E-state index contributed by atoms with van der Waals surface area (Å²) in [7, 11) is 0. The number of hydrogen-bond donors (Lipinski definition) is 0. The lowest BCUT2D eigenvalue weighted by atomic mass is 9.79. The maximum atomic E-state index is 5.96. The number of aryl methyl sites for hydroxylation is 1. The maximum absolute atomic E-state index is 5.96. The molecule has 1 fully saturated rings. The summed E-state index contributed by atoms with van der Waals surface area (Å²) < 4.78 is 0. The van der Waals surface area contributed by atoms with Crippen molar-refractivity contribution in [2.24, 2.45) is 11.8 Å². The number of pyridine rings is 1. The Morgan fingerprint density at radius 3 is 2.46 bits per heavy atom. The van der Waals surface area contributed by atoms with Gasteiger partial charge in [0.05, 0.1) is 5.69 Å². The monoisotopic (exact) mass is 367 g/mol. The third kappa shape index (κ3) is 5.71. The zero-order valence-corrected chi connectivity index (χ0v) is 16.6. The molecule has 1 aliphatic carbocycles. The van der Waals surface area contributed by atoms with Crippen LogP contribution in [0.15, 0.2) is 54.7 Å². The number of allylic oxidation sites excluding steroid dienone is 2. The summed E-state index contributed by atoms with van der Waals surface area (Å²) in [5.74, 6) is 1.72. The average molecular weight is 368 g/mol. The predicted molar refractivity (Wildman–Crippen MR) is 113 cm³/mol. The highest BCUT2D eigenvalue weighted by atomic mass is 35.5. The number of hydrogen-bond acceptors (Lipinski definition) is 1. The second-order valence-corrected chi connectivity index (χ2v) is 8.03. The molecule has 0 amide bonds. The van der Waals surface area contributed by atoms with Gasteiger partial charge in [0, 0.05) is 16.8 Å². The molecule has 1 aromatic carbocycles. The molecular formula is C24H30ClN. The largest absolute Gasteiger partial charge is 0.256 e. The minimum absolute atomic E-state index is 0.765. The zero-order valence-electron chi connectivity index (χ0n) is 15.8. The van der Waals surface area contributed by atoms with Gasteiger partial charge >= 0.3 is 0 Å². The molecule has 0 saturated heterocycles. The Balaban J connectivity index is 1.45. The molecule has 1 heterocycles. The van der Waals surface area contributed by atoms with E-state index in [-0.39, 0.29) is 0 Å². The molecule has 0 N–H and O–H groups in total. The van der Waals surface area contributed by atoms with Crippen molar-refractivity contribution in [3.63, 3.8) is 0 Å². The molecule has 1 nitrogen and oxygen atoms in total. The van der Waals surface area contributed by atoms with Gasteiger partial charge in [-0.2, -0.15) is 0 Å². The molecule has 1 aliphatic rings. The molecule has 2 heteroatoms. The first kappa shape index (κ1) is 19.2. The van der Waals surface area contributed by atoms with E-state index in [0.717, 1.165) is 34.5 Å². The summed E-state index contributed by atoms with van der Waals surface area (Å²) in [5, 5.41) is 0.765. The van der Waals surface area contributed by atoms with Crippen LogP contribution >= 0.6 is 11.6 Å². The molecule has 0 atom stereocenters. The Bertz CT molecular complexity index is 679. The van der Waals surface area contributed by atoms with Gasteiger partial charge < -0.3 is 0 Å². The minimum Gasteiger partial charge on any atom is -0.256 e. The van der Waals surface area contributed by atoms with Crippen molar-refractivity contribution in [3.05, 3.63) is 65.3 Å². The number of halogens is 1. The SMILES string of the molecule is CCC/C=C/[C@H]1CC[C@H](CCc2ccc(-c3ccc(Cl)cc3)nc2)CC1. The van der Waals surface area contributed by atoms with Crippen molar-refractivity contribution in [3.8, 4) is 11.3 Å². The molecule has 1 saturated carbocycles. The second-order valence-electron chi connectivity index (χ2n) is 7.59. The first-order valence-corrected chi connectivity index (χ1v) is 10.5. The van der Waals surface area contributed by atoms with Crippen LogP contribution in [0, 0.1) is 11.8 Å². The highest BCUT2D eigenvalue weighted by molar-refractivity contribution is 6.30.